The molecule has 3 aliphatic rings. The highest BCUT2D eigenvalue weighted by atomic mass is 16.5. The highest BCUT2D eigenvalue weighted by molar-refractivity contribution is 6.05. The van der Waals surface area contributed by atoms with E-state index in [0.29, 0.717) is 43.0 Å². The maximum Gasteiger partial charge on any atom is 0.250 e. The number of nitrogens with zero attached hydrogens (tertiary/aromatic N) is 1. The Hall–Kier alpha value is -3.43. The van der Waals surface area contributed by atoms with Gasteiger partial charge in [0.05, 0.1) is 24.0 Å². The van der Waals surface area contributed by atoms with Crippen molar-refractivity contribution >= 4 is 29.1 Å². The van der Waals surface area contributed by atoms with Gasteiger partial charge >= 0.3 is 0 Å². The quantitative estimate of drug-likeness (QED) is 0.453. The third-order valence-corrected chi connectivity index (χ3v) is 8.53. The van der Waals surface area contributed by atoms with Crippen molar-refractivity contribution in [3.63, 3.8) is 0 Å². The Morgan fingerprint density at radius 3 is 2.41 bits per heavy atom. The van der Waals surface area contributed by atoms with Gasteiger partial charge < -0.3 is 30.1 Å². The molecule has 1 spiro atoms. The van der Waals surface area contributed by atoms with Crippen LogP contribution in [-0.4, -0.2) is 64.7 Å². The number of aryl methyl sites for hydroxylation is 2. The number of amides is 3. The smallest absolute Gasteiger partial charge is 0.250 e. The molecule has 3 aliphatic heterocycles. The Labute approximate surface area is 228 Å². The summed E-state index contributed by atoms with van der Waals surface area (Å²) in [4.78, 5) is 43.2. The molecule has 2 aromatic carbocycles. The monoisotopic (exact) mass is 535 g/mol. The molecule has 3 saturated heterocycles. The van der Waals surface area contributed by atoms with E-state index in [1.807, 2.05) is 45.9 Å². The number of carbonyl (C=O) groups excluding carboxylic acids is 3. The molecule has 5 rings (SSSR count). The number of nitrogens with one attached hydrogen (secondary N) is 2. The first-order chi connectivity index (χ1) is 18.6. The average molecular weight is 536 g/mol. The van der Waals surface area contributed by atoms with Crippen LogP contribution in [0.5, 0.6) is 5.75 Å². The van der Waals surface area contributed by atoms with Crippen LogP contribution in [0, 0.1) is 25.7 Å². The van der Waals surface area contributed by atoms with Crippen LogP contribution < -0.4 is 15.4 Å². The molecule has 3 heterocycles. The minimum Gasteiger partial charge on any atom is -0.494 e. The lowest BCUT2D eigenvalue weighted by atomic mass is 9.66. The summed E-state index contributed by atoms with van der Waals surface area (Å²) in [6.07, 6.45) is 1.37. The molecule has 39 heavy (non-hydrogen) atoms. The average Bonchev–Trinajstić information content (AvgIpc) is 3.47. The van der Waals surface area contributed by atoms with Crippen molar-refractivity contribution in [2.45, 2.75) is 64.2 Å². The van der Waals surface area contributed by atoms with Crippen LogP contribution in [0.1, 0.15) is 44.2 Å². The highest BCUT2D eigenvalue weighted by Crippen LogP contribution is 2.63. The second-order valence-corrected chi connectivity index (χ2v) is 11.0. The zero-order valence-electron chi connectivity index (χ0n) is 23.0. The van der Waals surface area contributed by atoms with E-state index in [0.717, 1.165) is 11.1 Å². The van der Waals surface area contributed by atoms with E-state index in [4.69, 9.17) is 9.47 Å². The number of anilines is 2. The lowest BCUT2D eigenvalue weighted by Crippen LogP contribution is -2.53. The number of ether oxygens (including phenoxy) is 2. The predicted molar refractivity (Wildman–Crippen MR) is 146 cm³/mol. The Morgan fingerprint density at radius 2 is 1.77 bits per heavy atom. The lowest BCUT2D eigenvalue weighted by molar-refractivity contribution is -0.143. The van der Waals surface area contributed by atoms with Gasteiger partial charge in [0, 0.05) is 24.5 Å². The third kappa shape index (κ3) is 4.47. The van der Waals surface area contributed by atoms with Gasteiger partial charge in [-0.2, -0.15) is 0 Å². The molecule has 0 aromatic heterocycles. The van der Waals surface area contributed by atoms with E-state index in [1.165, 1.54) is 4.90 Å². The van der Waals surface area contributed by atoms with Crippen molar-refractivity contribution in [1.29, 1.82) is 0 Å². The molecule has 3 amide bonds. The molecule has 208 valence electrons. The summed E-state index contributed by atoms with van der Waals surface area (Å²) in [5.74, 6) is -1.78. The zero-order valence-corrected chi connectivity index (χ0v) is 23.0. The zero-order chi connectivity index (χ0) is 27.9. The van der Waals surface area contributed by atoms with Crippen molar-refractivity contribution in [2.24, 2.45) is 11.8 Å². The van der Waals surface area contributed by atoms with Gasteiger partial charge in [-0.15, -0.1) is 0 Å². The molecule has 0 saturated carbocycles. The van der Waals surface area contributed by atoms with E-state index in [1.54, 1.807) is 24.3 Å². The van der Waals surface area contributed by atoms with Crippen LogP contribution in [0.2, 0.25) is 0 Å². The minimum atomic E-state index is -1.12. The number of rotatable bonds is 9. The molecule has 0 aliphatic carbocycles. The maximum absolute atomic E-state index is 14.0. The number of para-hydroxylation sites is 1. The van der Waals surface area contributed by atoms with Crippen molar-refractivity contribution in [3.05, 3.63) is 53.6 Å². The molecule has 2 unspecified atom stereocenters. The molecule has 3 fully saturated rings. The minimum absolute atomic E-state index is 0.118. The molecule has 9 heteroatoms. The van der Waals surface area contributed by atoms with Crippen LogP contribution in [0.15, 0.2) is 42.5 Å². The summed E-state index contributed by atoms with van der Waals surface area (Å²) in [5, 5.41) is 15.6. The maximum atomic E-state index is 14.0. The fourth-order valence-electron chi connectivity index (χ4n) is 6.83. The number of fused-ring (bicyclic) bond motifs is 1. The molecule has 0 radical (unpaired) electrons. The summed E-state index contributed by atoms with van der Waals surface area (Å²) in [5.41, 5.74) is 1.13. The van der Waals surface area contributed by atoms with Gasteiger partial charge in [0.25, 0.3) is 0 Å². The van der Waals surface area contributed by atoms with Crippen LogP contribution in [0.25, 0.3) is 0 Å². The van der Waals surface area contributed by atoms with Gasteiger partial charge in [0.1, 0.15) is 17.4 Å². The first kappa shape index (κ1) is 27.1. The first-order valence-corrected chi connectivity index (χ1v) is 13.7. The molecule has 9 nitrogen and oxygen atoms in total. The normalized spacial score (nSPS) is 28.9. The Balaban J connectivity index is 1.46. The van der Waals surface area contributed by atoms with E-state index in [-0.39, 0.29) is 30.9 Å². The van der Waals surface area contributed by atoms with Gasteiger partial charge in [-0.3, -0.25) is 14.4 Å². The molecule has 2 bridgehead atoms. The van der Waals surface area contributed by atoms with E-state index in [2.05, 4.69) is 10.6 Å². The SMILES string of the molecule is CCOc1ccc(NC(=O)[C@H]2[C@H]3C(=O)N(CCCO)C(C(=O)Nc4c(C)cccc4C)C34CC[C@]2(C)O4)cc1. The van der Waals surface area contributed by atoms with Crippen LogP contribution in [0.3, 0.4) is 0 Å². The molecular formula is C30H37N3O6. The predicted octanol–water partition coefficient (Wildman–Crippen LogP) is 3.43. The number of aliphatic hydroxyl groups excluding tert-OH is 1. The summed E-state index contributed by atoms with van der Waals surface area (Å²) in [7, 11) is 0. The number of carbonyl (C=O) groups is 3. The van der Waals surface area contributed by atoms with E-state index >= 15 is 0 Å². The van der Waals surface area contributed by atoms with Gasteiger partial charge in [-0.05, 0) is 82.3 Å². The van der Waals surface area contributed by atoms with Crippen LogP contribution in [-0.2, 0) is 19.1 Å². The molecule has 5 atom stereocenters. The summed E-state index contributed by atoms with van der Waals surface area (Å²) in [6.45, 7) is 8.24. The number of hydrogen-bond donors (Lipinski definition) is 3. The van der Waals surface area contributed by atoms with Crippen molar-refractivity contribution in [3.8, 4) is 5.75 Å². The summed E-state index contributed by atoms with van der Waals surface area (Å²) >= 11 is 0. The Bertz CT molecular complexity index is 1260. The second kappa shape index (κ2) is 10.3. The molecule has 2 aromatic rings. The lowest BCUT2D eigenvalue weighted by Gasteiger charge is -2.33. The summed E-state index contributed by atoms with van der Waals surface area (Å²) < 4.78 is 12.1. The molecule has 3 N–H and O–H groups in total. The number of hydrogen-bond acceptors (Lipinski definition) is 6. The topological polar surface area (TPSA) is 117 Å². The number of likely N-dealkylation sites (tertiary alicyclic amines) is 1. The molecular weight excluding hydrogens is 498 g/mol. The van der Waals surface area contributed by atoms with Crippen LogP contribution in [0.4, 0.5) is 11.4 Å². The Morgan fingerprint density at radius 1 is 1.08 bits per heavy atom. The van der Waals surface area contributed by atoms with E-state index in [9.17, 15) is 19.5 Å². The van der Waals surface area contributed by atoms with Crippen molar-refractivity contribution < 1.29 is 29.0 Å². The third-order valence-electron chi connectivity index (χ3n) is 8.53. The van der Waals surface area contributed by atoms with Gasteiger partial charge in [-0.1, -0.05) is 18.2 Å². The summed E-state index contributed by atoms with van der Waals surface area (Å²) in [6, 6.07) is 12.0. The first-order valence-electron chi connectivity index (χ1n) is 13.7. The van der Waals surface area contributed by atoms with Crippen LogP contribution >= 0.6 is 0 Å². The van der Waals surface area contributed by atoms with E-state index < -0.39 is 29.1 Å². The fraction of sp³-hybridized carbons (Fsp3) is 0.500. The van der Waals surface area contributed by atoms with Gasteiger partial charge in [0.15, 0.2) is 0 Å². The highest BCUT2D eigenvalue weighted by Gasteiger charge is 2.77. The van der Waals surface area contributed by atoms with Crippen molar-refractivity contribution in [1.82, 2.24) is 4.90 Å². The number of benzene rings is 2. The largest absolute Gasteiger partial charge is 0.494 e. The standard InChI is InChI=1S/C30H37N3O6/c1-5-38-21-12-10-20(11-13-21)31-26(35)22-23-28(37)33(16-7-17-34)25(30(23)15-14-29(22,4)39-30)27(36)32-24-18(2)8-6-9-19(24)3/h6,8-13,22-23,25,34H,5,7,14-17H2,1-4H3,(H,31,35)(H,32,36)/t22-,23+,25?,29+,30?/m1/s1. The Kier molecular flexibility index (Phi) is 7.15. The van der Waals surface area contributed by atoms with Crippen molar-refractivity contribution in [2.75, 3.05) is 30.4 Å². The number of aliphatic hydroxyl groups is 1. The fourth-order valence-corrected chi connectivity index (χ4v) is 6.83. The van der Waals surface area contributed by atoms with Gasteiger partial charge in [-0.25, -0.2) is 0 Å². The second-order valence-electron chi connectivity index (χ2n) is 11.0. The van der Waals surface area contributed by atoms with Gasteiger partial charge in [0.2, 0.25) is 17.7 Å².